The van der Waals surface area contributed by atoms with Crippen LogP contribution in [0, 0.1) is 0 Å². The van der Waals surface area contributed by atoms with Crippen molar-refractivity contribution in [2.24, 2.45) is 0 Å². The molecule has 0 saturated heterocycles. The molecule has 0 fully saturated rings. The summed E-state index contributed by atoms with van der Waals surface area (Å²) in [5, 5.41) is 0. The molecule has 3 aromatic carbocycles. The minimum atomic E-state index is -4.33. The maximum atomic E-state index is 13.2. The molecule has 0 saturated carbocycles. The predicted octanol–water partition coefficient (Wildman–Crippen LogP) is 6.91. The Morgan fingerprint density at radius 1 is 0.710 bits per heavy atom. The molecule has 0 aliphatic heterocycles. The number of alkyl halides is 3. The Labute approximate surface area is 179 Å². The average Bonchev–Trinajstić information content (AvgIpc) is 3.11. The van der Waals surface area contributed by atoms with E-state index in [0.717, 1.165) is 24.6 Å². The fraction of sp³-hybridized carbons (Fsp3) is 0.185. The second-order valence-corrected chi connectivity index (χ2v) is 8.10. The first kappa shape index (κ1) is 19.7. The Morgan fingerprint density at radius 3 is 2.26 bits per heavy atom. The Bertz CT molecular complexity index is 1220. The molecule has 5 rings (SSSR count). The first-order chi connectivity index (χ1) is 15.0. The van der Waals surface area contributed by atoms with Crippen LogP contribution in [0.4, 0.5) is 13.2 Å². The van der Waals surface area contributed by atoms with Gasteiger partial charge in [0.25, 0.3) is 0 Å². The van der Waals surface area contributed by atoms with Gasteiger partial charge < -0.3 is 4.57 Å². The summed E-state index contributed by atoms with van der Waals surface area (Å²) in [4.78, 5) is 0. The standard InChI is InChI=1S/C27H22F3N/c28-27(29,30)22-11-6-9-20(15-22)16-23-17-25-24-12-5-4-10-21(24)13-14-26(25)31(23)18-19-7-2-1-3-8-19/h1-12,15,17H,13-14,16,18H2. The highest BCUT2D eigenvalue weighted by Gasteiger charge is 2.30. The fourth-order valence-electron chi connectivity index (χ4n) is 4.58. The van der Waals surface area contributed by atoms with Crippen molar-refractivity contribution in [2.45, 2.75) is 32.0 Å². The summed E-state index contributed by atoms with van der Waals surface area (Å²) in [5.41, 5.74) is 7.35. The SMILES string of the molecule is FC(F)(F)c1cccc(Cc2cc3c(n2Cc2ccccc2)CCc2ccccc2-3)c1. The van der Waals surface area contributed by atoms with Gasteiger partial charge in [-0.05, 0) is 47.2 Å². The molecule has 4 heteroatoms. The molecule has 0 amide bonds. The Morgan fingerprint density at radius 2 is 1.45 bits per heavy atom. The summed E-state index contributed by atoms with van der Waals surface area (Å²) in [6, 6.07) is 26.5. The van der Waals surface area contributed by atoms with Crippen LogP contribution in [0.5, 0.6) is 0 Å². The van der Waals surface area contributed by atoms with E-state index in [-0.39, 0.29) is 0 Å². The fourth-order valence-corrected chi connectivity index (χ4v) is 4.58. The van der Waals surface area contributed by atoms with Crippen LogP contribution in [0.2, 0.25) is 0 Å². The summed E-state index contributed by atoms with van der Waals surface area (Å²) in [7, 11) is 0. The smallest absolute Gasteiger partial charge is 0.343 e. The molecule has 0 atom stereocenters. The van der Waals surface area contributed by atoms with Crippen LogP contribution in [-0.4, -0.2) is 4.57 Å². The third-order valence-electron chi connectivity index (χ3n) is 6.06. The number of aromatic nitrogens is 1. The van der Waals surface area contributed by atoms with Gasteiger partial charge in [0.1, 0.15) is 0 Å². The Kier molecular flexibility index (Phi) is 4.93. The lowest BCUT2D eigenvalue weighted by molar-refractivity contribution is -0.137. The van der Waals surface area contributed by atoms with Crippen molar-refractivity contribution in [3.05, 3.63) is 119 Å². The van der Waals surface area contributed by atoms with Gasteiger partial charge in [0.15, 0.2) is 0 Å². The molecule has 4 aromatic rings. The lowest BCUT2D eigenvalue weighted by Gasteiger charge is -2.20. The molecule has 1 nitrogen and oxygen atoms in total. The van der Waals surface area contributed by atoms with Crippen molar-refractivity contribution >= 4 is 0 Å². The molecule has 156 valence electrons. The molecule has 0 bridgehead atoms. The van der Waals surface area contributed by atoms with Crippen LogP contribution in [0.15, 0.2) is 84.9 Å². The van der Waals surface area contributed by atoms with E-state index in [1.165, 1.54) is 40.1 Å². The number of halogens is 3. The predicted molar refractivity (Wildman–Crippen MR) is 117 cm³/mol. The van der Waals surface area contributed by atoms with Crippen molar-refractivity contribution in [1.82, 2.24) is 4.57 Å². The largest absolute Gasteiger partial charge is 0.416 e. The van der Waals surface area contributed by atoms with Gasteiger partial charge in [-0.15, -0.1) is 0 Å². The van der Waals surface area contributed by atoms with Gasteiger partial charge in [-0.3, -0.25) is 0 Å². The number of nitrogens with zero attached hydrogens (tertiary/aromatic N) is 1. The summed E-state index contributed by atoms with van der Waals surface area (Å²) in [6.45, 7) is 0.715. The molecule has 1 aliphatic carbocycles. The molecule has 1 heterocycles. The van der Waals surface area contributed by atoms with Crippen LogP contribution in [0.1, 0.15) is 33.6 Å². The maximum Gasteiger partial charge on any atom is 0.416 e. The highest BCUT2D eigenvalue weighted by molar-refractivity contribution is 5.73. The van der Waals surface area contributed by atoms with E-state index in [2.05, 4.69) is 47.0 Å². The minimum absolute atomic E-state index is 0.464. The van der Waals surface area contributed by atoms with Crippen molar-refractivity contribution in [3.63, 3.8) is 0 Å². The molecule has 1 aromatic heterocycles. The van der Waals surface area contributed by atoms with E-state index in [4.69, 9.17) is 0 Å². The van der Waals surface area contributed by atoms with Gasteiger partial charge in [0.2, 0.25) is 0 Å². The van der Waals surface area contributed by atoms with Gasteiger partial charge >= 0.3 is 6.18 Å². The summed E-state index contributed by atoms with van der Waals surface area (Å²) < 4.78 is 42.0. The average molecular weight is 417 g/mol. The van der Waals surface area contributed by atoms with Crippen molar-refractivity contribution in [1.29, 1.82) is 0 Å². The van der Waals surface area contributed by atoms with Gasteiger partial charge in [0, 0.05) is 29.9 Å². The Balaban J connectivity index is 1.59. The van der Waals surface area contributed by atoms with Crippen LogP contribution >= 0.6 is 0 Å². The zero-order valence-electron chi connectivity index (χ0n) is 17.0. The number of fused-ring (bicyclic) bond motifs is 3. The molecule has 31 heavy (non-hydrogen) atoms. The van der Waals surface area contributed by atoms with E-state index >= 15 is 0 Å². The highest BCUT2D eigenvalue weighted by Crippen LogP contribution is 2.37. The first-order valence-electron chi connectivity index (χ1n) is 10.5. The highest BCUT2D eigenvalue weighted by atomic mass is 19.4. The molecular formula is C27H22F3N. The zero-order valence-corrected chi connectivity index (χ0v) is 17.0. The quantitative estimate of drug-likeness (QED) is 0.340. The lowest BCUT2D eigenvalue weighted by atomic mass is 9.90. The van der Waals surface area contributed by atoms with Crippen LogP contribution in [0.3, 0.4) is 0 Å². The molecule has 1 aliphatic rings. The first-order valence-corrected chi connectivity index (χ1v) is 10.5. The van der Waals surface area contributed by atoms with Gasteiger partial charge in [-0.1, -0.05) is 72.8 Å². The third-order valence-corrected chi connectivity index (χ3v) is 6.06. The Hall–Kier alpha value is -3.27. The van der Waals surface area contributed by atoms with E-state index in [0.29, 0.717) is 18.5 Å². The van der Waals surface area contributed by atoms with Gasteiger partial charge in [0.05, 0.1) is 5.56 Å². The van der Waals surface area contributed by atoms with Gasteiger partial charge in [-0.2, -0.15) is 13.2 Å². The van der Waals surface area contributed by atoms with Crippen LogP contribution < -0.4 is 0 Å². The summed E-state index contributed by atoms with van der Waals surface area (Å²) in [5.74, 6) is 0. The van der Waals surface area contributed by atoms with E-state index < -0.39 is 11.7 Å². The van der Waals surface area contributed by atoms with Crippen molar-refractivity contribution < 1.29 is 13.2 Å². The molecular weight excluding hydrogens is 395 g/mol. The van der Waals surface area contributed by atoms with E-state index in [1.807, 2.05) is 18.2 Å². The number of rotatable bonds is 4. The lowest BCUT2D eigenvalue weighted by Crippen LogP contribution is -2.12. The maximum absolute atomic E-state index is 13.2. The number of aryl methyl sites for hydroxylation is 1. The van der Waals surface area contributed by atoms with Crippen LogP contribution in [-0.2, 0) is 32.0 Å². The summed E-state index contributed by atoms with van der Waals surface area (Å²) in [6.07, 6.45) is -1.96. The monoisotopic (exact) mass is 417 g/mol. The summed E-state index contributed by atoms with van der Waals surface area (Å²) >= 11 is 0. The third kappa shape index (κ3) is 3.90. The van der Waals surface area contributed by atoms with E-state index in [9.17, 15) is 13.2 Å². The van der Waals surface area contributed by atoms with Gasteiger partial charge in [-0.25, -0.2) is 0 Å². The molecule has 0 N–H and O–H groups in total. The number of benzene rings is 3. The van der Waals surface area contributed by atoms with Crippen molar-refractivity contribution in [3.8, 4) is 11.1 Å². The van der Waals surface area contributed by atoms with Crippen molar-refractivity contribution in [2.75, 3.05) is 0 Å². The minimum Gasteiger partial charge on any atom is -0.343 e. The normalized spacial score (nSPS) is 13.0. The molecule has 0 radical (unpaired) electrons. The topological polar surface area (TPSA) is 4.93 Å². The number of hydrogen-bond donors (Lipinski definition) is 0. The van der Waals surface area contributed by atoms with E-state index in [1.54, 1.807) is 6.07 Å². The second-order valence-electron chi connectivity index (χ2n) is 8.10. The molecule has 0 spiro atoms. The number of hydrogen-bond acceptors (Lipinski definition) is 0. The van der Waals surface area contributed by atoms with Crippen LogP contribution in [0.25, 0.3) is 11.1 Å². The molecule has 0 unspecified atom stereocenters. The zero-order chi connectivity index (χ0) is 21.4. The second kappa shape index (κ2) is 7.77.